The Balaban J connectivity index is 1.32. The number of benzene rings is 2. The Kier molecular flexibility index (Phi) is 21.1. The minimum atomic E-state index is -1.88. The van der Waals surface area contributed by atoms with Crippen molar-refractivity contribution in [1.82, 2.24) is 55.7 Å². The third-order valence-electron chi connectivity index (χ3n) is 17.5. The predicted octanol–water partition coefficient (Wildman–Crippen LogP) is 0.726. The monoisotopic (exact) mass is 1250 g/mol. The van der Waals surface area contributed by atoms with Gasteiger partial charge in [-0.2, -0.15) is 0 Å². The summed E-state index contributed by atoms with van der Waals surface area (Å²) >= 11 is 0. The molecule has 0 saturated carbocycles. The van der Waals surface area contributed by atoms with E-state index in [1.165, 1.54) is 80.7 Å². The molecular formula is C62H86N12O16. The Morgan fingerprint density at radius 1 is 0.611 bits per heavy atom. The molecule has 4 fully saturated rings. The van der Waals surface area contributed by atoms with Crippen molar-refractivity contribution in [3.63, 3.8) is 0 Å². The molecule has 28 nitrogen and oxygen atoms in total. The van der Waals surface area contributed by atoms with Crippen molar-refractivity contribution in [3.8, 4) is 11.5 Å². The van der Waals surface area contributed by atoms with Crippen LogP contribution < -0.4 is 32.4 Å². The molecule has 1 aromatic rings. The molecular weight excluding hydrogens is 1170 g/mol. The number of likely N-dealkylation sites (N-methyl/N-ethyl adjacent to an activating group) is 4. The largest absolute Gasteiger partial charge is 0.458 e. The summed E-state index contributed by atoms with van der Waals surface area (Å²) in [5.41, 5.74) is 3.57. The van der Waals surface area contributed by atoms with Crippen LogP contribution in [0, 0.1) is 37.5 Å². The predicted molar refractivity (Wildman–Crippen MR) is 325 cm³/mol. The van der Waals surface area contributed by atoms with Crippen molar-refractivity contribution in [2.75, 3.05) is 60.1 Å². The first-order chi connectivity index (χ1) is 42.1. The van der Waals surface area contributed by atoms with Crippen LogP contribution in [0.3, 0.4) is 0 Å². The number of nitrogens with zero attached hydrogens (tertiary/aromatic N) is 7. The Morgan fingerprint density at radius 2 is 1.03 bits per heavy atom. The Bertz CT molecular complexity index is 3420. The van der Waals surface area contributed by atoms with Crippen LogP contribution in [-0.4, -0.2) is 220 Å². The molecule has 7 rings (SSSR count). The van der Waals surface area contributed by atoms with Crippen LogP contribution in [-0.2, 0) is 57.4 Å². The number of carbonyl (C=O) groups excluding carboxylic acids is 12. The van der Waals surface area contributed by atoms with Gasteiger partial charge in [0, 0.05) is 46.8 Å². The second kappa shape index (κ2) is 27.6. The molecule has 0 aromatic heterocycles. The number of rotatable bonds is 8. The molecule has 5 aliphatic heterocycles. The number of nitrogens with one attached hydrogen (secondary N) is 4. The van der Waals surface area contributed by atoms with E-state index in [-0.39, 0.29) is 53.9 Å². The average Bonchev–Trinajstić information content (AvgIpc) is 0.893. The lowest BCUT2D eigenvalue weighted by Gasteiger charge is -2.36. The molecule has 1 aromatic carbocycles. The van der Waals surface area contributed by atoms with Crippen LogP contribution >= 0.6 is 0 Å². The van der Waals surface area contributed by atoms with Gasteiger partial charge in [-0.15, -0.1) is 0 Å². The molecule has 10 atom stereocenters. The summed E-state index contributed by atoms with van der Waals surface area (Å²) in [7, 11) is 5.59. The summed E-state index contributed by atoms with van der Waals surface area (Å²) < 4.78 is 18.3. The highest BCUT2D eigenvalue weighted by Crippen LogP contribution is 2.35. The van der Waals surface area contributed by atoms with Gasteiger partial charge in [-0.25, -0.2) is 14.6 Å². The van der Waals surface area contributed by atoms with Gasteiger partial charge in [0.05, 0.1) is 29.9 Å². The number of nitrogens with two attached hydrogens (primary N) is 1. The summed E-state index contributed by atoms with van der Waals surface area (Å²) in [6.07, 6.45) is -1.65. The Morgan fingerprint density at radius 3 is 1.44 bits per heavy atom. The highest BCUT2D eigenvalue weighted by molar-refractivity contribution is 6.10. The molecule has 5 heterocycles. The van der Waals surface area contributed by atoms with Crippen molar-refractivity contribution in [2.24, 2.45) is 23.7 Å². The fourth-order valence-corrected chi connectivity index (χ4v) is 12.3. The minimum absolute atomic E-state index is 0.0763. The van der Waals surface area contributed by atoms with E-state index in [9.17, 15) is 52.7 Å². The van der Waals surface area contributed by atoms with E-state index >= 15 is 9.59 Å². The van der Waals surface area contributed by atoms with Gasteiger partial charge >= 0.3 is 11.9 Å². The molecule has 0 spiro atoms. The number of esters is 2. The van der Waals surface area contributed by atoms with Gasteiger partial charge in [0.25, 0.3) is 11.8 Å². The molecule has 490 valence electrons. The van der Waals surface area contributed by atoms with Crippen molar-refractivity contribution < 1.29 is 71.4 Å². The maximum atomic E-state index is 15.2. The van der Waals surface area contributed by atoms with Crippen LogP contribution in [0.15, 0.2) is 21.3 Å². The first-order valence-corrected chi connectivity index (χ1v) is 30.5. The number of hydrogen-bond acceptors (Lipinski definition) is 18. The third-order valence-corrected chi connectivity index (χ3v) is 17.5. The lowest BCUT2D eigenvalue weighted by molar-refractivity contribution is -0.163. The number of ether oxygens (including phenoxy) is 2. The summed E-state index contributed by atoms with van der Waals surface area (Å²) in [5.74, 6) is -12.4. The van der Waals surface area contributed by atoms with E-state index in [1.807, 2.05) is 0 Å². The van der Waals surface area contributed by atoms with Crippen molar-refractivity contribution in [1.29, 1.82) is 0 Å². The van der Waals surface area contributed by atoms with Gasteiger partial charge < -0.3 is 70.3 Å². The second-order valence-electron chi connectivity index (χ2n) is 25.5. The molecule has 0 bridgehead atoms. The highest BCUT2D eigenvalue weighted by Gasteiger charge is 2.46. The Labute approximate surface area is 522 Å². The maximum absolute atomic E-state index is 15.2. The Hall–Kier alpha value is -8.72. The van der Waals surface area contributed by atoms with Crippen molar-refractivity contribution in [2.45, 2.75) is 169 Å². The van der Waals surface area contributed by atoms with E-state index in [0.29, 0.717) is 18.4 Å². The van der Waals surface area contributed by atoms with E-state index in [0.717, 1.165) is 9.80 Å². The van der Waals surface area contributed by atoms with Crippen LogP contribution in [0.1, 0.15) is 127 Å². The normalized spacial score (nSPS) is 26.2. The third kappa shape index (κ3) is 13.7. The molecule has 90 heavy (non-hydrogen) atoms. The zero-order valence-corrected chi connectivity index (χ0v) is 54.1. The summed E-state index contributed by atoms with van der Waals surface area (Å²) in [4.78, 5) is 199. The number of carbonyl (C=O) groups is 12. The number of nitrogen functional groups attached to an aromatic ring is 1. The fraction of sp³-hybridized carbons (Fsp3) is 0.613. The van der Waals surface area contributed by atoms with Crippen LogP contribution in [0.25, 0.3) is 22.6 Å². The second-order valence-corrected chi connectivity index (χ2v) is 25.5. The number of amides is 10. The molecule has 6 aliphatic rings. The van der Waals surface area contributed by atoms with E-state index < -0.39 is 191 Å². The average molecular weight is 1260 g/mol. The molecule has 6 N–H and O–H groups in total. The molecule has 8 unspecified atom stereocenters. The quantitative estimate of drug-likeness (QED) is 0.118. The summed E-state index contributed by atoms with van der Waals surface area (Å²) in [6.45, 7) is 18.4. The van der Waals surface area contributed by atoms with Gasteiger partial charge in [0.15, 0.2) is 11.3 Å². The van der Waals surface area contributed by atoms with Crippen LogP contribution in [0.2, 0.25) is 0 Å². The molecule has 10 amide bonds. The number of fused-ring (bicyclic) bond motifs is 4. The molecule has 4 saturated heterocycles. The van der Waals surface area contributed by atoms with Gasteiger partial charge in [-0.3, -0.25) is 52.7 Å². The van der Waals surface area contributed by atoms with Crippen LogP contribution in [0.5, 0.6) is 0 Å². The fourth-order valence-electron chi connectivity index (χ4n) is 12.3. The zero-order chi connectivity index (χ0) is 67.0. The SMILES string of the molecule is Cc1c2oc3c(C)ccc(C(=O)NC4C(=O)N[C@H](C(C)C)C(=O)N5CCCC5C(=O)N(C)CC(=O)N(C)C(C(C)C)C(=O)OC4C)c3nc-2c(C(=O)NC2C(=O)N[C@H](C(C)C)C(=O)N3CCCC3C(=O)N(C)CC(=O)N(C)C(C(C)C)C(=O)OC2C)c(N)c1=O. The first kappa shape index (κ1) is 68.8. The van der Waals surface area contributed by atoms with Gasteiger partial charge in [-0.05, 0) is 88.7 Å². The number of aromatic nitrogens is 1. The standard InChI is InChI=1S/C62H86N12O16/c1-27(2)42-59(84)73-23-17-19-36(73)57(82)69(13)25-38(75)71(15)48(29(5)6)61(86)88-33(11)44(55(80)65-42)67-53(78)35-22-21-31(9)51-46(35)64-47-40(41(63)50(77)32(10)52(47)90-51)54(79)68-45-34(12)89-62(87)49(30(7)8)72(16)39(76)26-70(14)58(83)37-20-18-24-74(37)60(85)43(28(3)4)66-56(45)81/h21-22,27-30,33-34,36-37,42-45,48-49H,17-20,23-26,63H2,1-16H3,(H,65,80)(H,66,81)(H,67,78)(H,68,79)/t33?,34?,36?,37?,42-,43-,44?,45?,48?,49?/m1/s1. The summed E-state index contributed by atoms with van der Waals surface area (Å²) in [6, 6.07) is -7.90. The van der Waals surface area contributed by atoms with E-state index in [4.69, 9.17) is 24.6 Å². The summed E-state index contributed by atoms with van der Waals surface area (Å²) in [5, 5.41) is 10.7. The lowest BCUT2D eigenvalue weighted by atomic mass is 9.98. The molecule has 28 heteroatoms. The van der Waals surface area contributed by atoms with Gasteiger partial charge in [0.1, 0.15) is 71.8 Å². The number of aryl methyl sites for hydroxylation is 1. The minimum Gasteiger partial charge on any atom is -0.458 e. The van der Waals surface area contributed by atoms with Crippen molar-refractivity contribution >= 4 is 87.8 Å². The maximum Gasteiger partial charge on any atom is 0.329 e. The number of anilines is 1. The zero-order valence-electron chi connectivity index (χ0n) is 54.1. The lowest BCUT2D eigenvalue weighted by Crippen LogP contribution is -2.61. The molecule has 0 radical (unpaired) electrons. The highest BCUT2D eigenvalue weighted by atomic mass is 16.6. The topological polar surface area (TPSA) is 360 Å². The number of hydrogen-bond donors (Lipinski definition) is 5. The smallest absolute Gasteiger partial charge is 0.329 e. The number of cyclic esters (lactones) is 2. The first-order valence-electron chi connectivity index (χ1n) is 30.5. The molecule has 1 aliphatic carbocycles. The van der Waals surface area contributed by atoms with Gasteiger partial charge in [-0.1, -0.05) is 61.5 Å². The van der Waals surface area contributed by atoms with E-state index in [1.54, 1.807) is 62.3 Å². The van der Waals surface area contributed by atoms with Crippen molar-refractivity contribution in [3.05, 3.63) is 44.6 Å². The van der Waals surface area contributed by atoms with E-state index in [2.05, 4.69) is 21.3 Å². The van der Waals surface area contributed by atoms with Crippen LogP contribution in [0.4, 0.5) is 5.69 Å². The van der Waals surface area contributed by atoms with Gasteiger partial charge in [0.2, 0.25) is 52.7 Å².